The van der Waals surface area contributed by atoms with Gasteiger partial charge in [0.05, 0.1) is 5.56 Å². The molecule has 0 bridgehead atoms. The smallest absolute Gasteiger partial charge is 0.254 e. The van der Waals surface area contributed by atoms with Gasteiger partial charge < -0.3 is 16.2 Å². The lowest BCUT2D eigenvalue weighted by Gasteiger charge is -2.38. The Balaban J connectivity index is 2.37. The second kappa shape index (κ2) is 3.71. The average Bonchev–Trinajstić information content (AvgIpc) is 2.16. The molecule has 6 heteroatoms. The number of anilines is 1. The number of nitrogens with zero attached hydrogens (tertiary/aromatic N) is 2. The predicted octanol–water partition coefficient (Wildman–Crippen LogP) is 0.183. The number of ether oxygens (including phenoxy) is 1. The zero-order chi connectivity index (χ0) is 11.8. The Bertz CT molecular complexity index is 423. The monoisotopic (exact) mass is 222 g/mol. The first-order valence-electron chi connectivity index (χ1n) is 5.07. The van der Waals surface area contributed by atoms with Crippen molar-refractivity contribution in [3.05, 3.63) is 17.6 Å². The van der Waals surface area contributed by atoms with Gasteiger partial charge >= 0.3 is 0 Å². The normalized spacial score (nSPS) is 17.8. The fourth-order valence-corrected chi connectivity index (χ4v) is 1.82. The number of nitrogen functional groups attached to an aromatic ring is 1. The van der Waals surface area contributed by atoms with E-state index in [1.165, 1.54) is 6.20 Å². The van der Waals surface area contributed by atoms with E-state index in [0.717, 1.165) is 19.3 Å². The molecule has 1 heterocycles. The number of aromatic nitrogens is 2. The Labute approximate surface area is 93.0 Å². The third-order valence-corrected chi connectivity index (χ3v) is 3.04. The first-order chi connectivity index (χ1) is 7.59. The van der Waals surface area contributed by atoms with Crippen LogP contribution in [0.25, 0.3) is 0 Å². The minimum Gasteiger partial charge on any atom is -0.383 e. The third kappa shape index (κ3) is 1.51. The Morgan fingerprint density at radius 3 is 2.62 bits per heavy atom. The molecule has 1 amide bonds. The summed E-state index contributed by atoms with van der Waals surface area (Å²) in [5.74, 6) is 0.0219. The molecule has 0 atom stereocenters. The molecule has 16 heavy (non-hydrogen) atoms. The number of methoxy groups -OCH3 is 1. The average molecular weight is 222 g/mol. The van der Waals surface area contributed by atoms with E-state index >= 15 is 0 Å². The van der Waals surface area contributed by atoms with Crippen molar-refractivity contribution in [1.29, 1.82) is 0 Å². The zero-order valence-electron chi connectivity index (χ0n) is 9.06. The third-order valence-electron chi connectivity index (χ3n) is 3.04. The van der Waals surface area contributed by atoms with Crippen molar-refractivity contribution in [3.8, 4) is 0 Å². The molecule has 4 N–H and O–H groups in total. The van der Waals surface area contributed by atoms with Gasteiger partial charge in [0.2, 0.25) is 0 Å². The van der Waals surface area contributed by atoms with Gasteiger partial charge in [-0.25, -0.2) is 9.97 Å². The van der Waals surface area contributed by atoms with Crippen LogP contribution in [0.3, 0.4) is 0 Å². The van der Waals surface area contributed by atoms with Gasteiger partial charge in [-0.15, -0.1) is 0 Å². The molecule has 0 unspecified atom stereocenters. The maximum Gasteiger partial charge on any atom is 0.254 e. The molecule has 6 nitrogen and oxygen atoms in total. The lowest BCUT2D eigenvalue weighted by Crippen LogP contribution is -2.38. The van der Waals surface area contributed by atoms with Crippen molar-refractivity contribution in [1.82, 2.24) is 9.97 Å². The topological polar surface area (TPSA) is 104 Å². The van der Waals surface area contributed by atoms with E-state index in [4.69, 9.17) is 16.2 Å². The Morgan fingerprint density at radius 1 is 1.56 bits per heavy atom. The molecule has 1 aliphatic carbocycles. The van der Waals surface area contributed by atoms with Crippen LogP contribution in [-0.4, -0.2) is 23.0 Å². The largest absolute Gasteiger partial charge is 0.383 e. The Kier molecular flexibility index (Phi) is 2.51. The van der Waals surface area contributed by atoms with Crippen LogP contribution in [0.5, 0.6) is 0 Å². The maximum absolute atomic E-state index is 11.0. The summed E-state index contributed by atoms with van der Waals surface area (Å²) in [7, 11) is 1.63. The molecule has 0 spiro atoms. The number of nitrogens with two attached hydrogens (primary N) is 2. The number of carbonyl (C=O) groups excluding carboxylic acids is 1. The predicted molar refractivity (Wildman–Crippen MR) is 57.5 cm³/mol. The fraction of sp³-hybridized carbons (Fsp3) is 0.500. The number of hydrogen-bond donors (Lipinski definition) is 2. The van der Waals surface area contributed by atoms with Crippen molar-refractivity contribution in [2.45, 2.75) is 24.9 Å². The van der Waals surface area contributed by atoms with E-state index in [9.17, 15) is 4.79 Å². The van der Waals surface area contributed by atoms with Crippen LogP contribution < -0.4 is 11.5 Å². The van der Waals surface area contributed by atoms with Crippen molar-refractivity contribution in [2.75, 3.05) is 12.8 Å². The zero-order valence-corrected chi connectivity index (χ0v) is 9.06. The fourth-order valence-electron chi connectivity index (χ4n) is 1.82. The summed E-state index contributed by atoms with van der Waals surface area (Å²) >= 11 is 0. The second-order valence-electron chi connectivity index (χ2n) is 3.91. The highest BCUT2D eigenvalue weighted by Crippen LogP contribution is 2.42. The molecule has 1 aromatic rings. The molecule has 1 aromatic heterocycles. The molecule has 0 saturated heterocycles. The molecular weight excluding hydrogens is 208 g/mol. The summed E-state index contributed by atoms with van der Waals surface area (Å²) in [6, 6.07) is 0. The van der Waals surface area contributed by atoms with E-state index < -0.39 is 11.5 Å². The maximum atomic E-state index is 11.0. The van der Waals surface area contributed by atoms with E-state index in [0.29, 0.717) is 5.82 Å². The van der Waals surface area contributed by atoms with Gasteiger partial charge in [0.25, 0.3) is 5.91 Å². The lowest BCUT2D eigenvalue weighted by atomic mass is 9.79. The molecule has 0 aromatic carbocycles. The SMILES string of the molecule is COC1(c2ncc(C(N)=O)c(N)n2)CCC1. The summed E-state index contributed by atoms with van der Waals surface area (Å²) in [5.41, 5.74) is 10.5. The molecular formula is C10H14N4O2. The molecule has 2 rings (SSSR count). The molecule has 0 radical (unpaired) electrons. The number of carbonyl (C=O) groups is 1. The number of hydrogen-bond acceptors (Lipinski definition) is 5. The summed E-state index contributed by atoms with van der Waals surface area (Å²) in [5, 5.41) is 0. The number of primary amides is 1. The first kappa shape index (κ1) is 10.8. The van der Waals surface area contributed by atoms with Gasteiger partial charge in [-0.2, -0.15) is 0 Å². The van der Waals surface area contributed by atoms with E-state index in [1.807, 2.05) is 0 Å². The Hall–Kier alpha value is -1.69. The minimum absolute atomic E-state index is 0.112. The molecule has 0 aliphatic heterocycles. The highest BCUT2D eigenvalue weighted by Gasteiger charge is 2.42. The van der Waals surface area contributed by atoms with E-state index in [1.54, 1.807) is 7.11 Å². The van der Waals surface area contributed by atoms with Gasteiger partial charge in [0.15, 0.2) is 5.82 Å². The van der Waals surface area contributed by atoms with Gasteiger partial charge in [-0.1, -0.05) is 0 Å². The van der Waals surface area contributed by atoms with Crippen LogP contribution in [0.2, 0.25) is 0 Å². The van der Waals surface area contributed by atoms with Gasteiger partial charge in [-0.05, 0) is 19.3 Å². The van der Waals surface area contributed by atoms with Crippen LogP contribution in [0.1, 0.15) is 35.4 Å². The molecule has 86 valence electrons. The number of amides is 1. The standard InChI is InChI=1S/C10H14N4O2/c1-16-10(3-2-4-10)9-13-5-6(8(12)15)7(11)14-9/h5H,2-4H2,1H3,(H2,12,15)(H2,11,13,14). The van der Waals surface area contributed by atoms with Crippen molar-refractivity contribution in [2.24, 2.45) is 5.73 Å². The van der Waals surface area contributed by atoms with Crippen LogP contribution in [0.15, 0.2) is 6.20 Å². The van der Waals surface area contributed by atoms with Crippen LogP contribution in [0, 0.1) is 0 Å². The van der Waals surface area contributed by atoms with Gasteiger partial charge in [0.1, 0.15) is 11.4 Å². The van der Waals surface area contributed by atoms with Crippen LogP contribution in [-0.2, 0) is 10.3 Å². The molecule has 1 aliphatic rings. The van der Waals surface area contributed by atoms with Crippen molar-refractivity contribution in [3.63, 3.8) is 0 Å². The van der Waals surface area contributed by atoms with E-state index in [2.05, 4.69) is 9.97 Å². The van der Waals surface area contributed by atoms with E-state index in [-0.39, 0.29) is 11.4 Å². The second-order valence-corrected chi connectivity index (χ2v) is 3.91. The first-order valence-corrected chi connectivity index (χ1v) is 5.07. The highest BCUT2D eigenvalue weighted by molar-refractivity contribution is 5.96. The van der Waals surface area contributed by atoms with Crippen LogP contribution in [0.4, 0.5) is 5.82 Å². The summed E-state index contributed by atoms with van der Waals surface area (Å²) in [4.78, 5) is 19.2. The molecule has 1 saturated carbocycles. The highest BCUT2D eigenvalue weighted by atomic mass is 16.5. The Morgan fingerprint density at radius 2 is 2.25 bits per heavy atom. The van der Waals surface area contributed by atoms with Crippen molar-refractivity contribution < 1.29 is 9.53 Å². The molecule has 1 fully saturated rings. The minimum atomic E-state index is -0.621. The van der Waals surface area contributed by atoms with Gasteiger partial charge in [-0.3, -0.25) is 4.79 Å². The van der Waals surface area contributed by atoms with Crippen LogP contribution >= 0.6 is 0 Å². The van der Waals surface area contributed by atoms with Gasteiger partial charge in [0, 0.05) is 13.3 Å². The summed E-state index contributed by atoms with van der Waals surface area (Å²) < 4.78 is 5.42. The summed E-state index contributed by atoms with van der Waals surface area (Å²) in [6.45, 7) is 0. The quantitative estimate of drug-likeness (QED) is 0.759. The lowest BCUT2D eigenvalue weighted by molar-refractivity contribution is -0.0845. The number of rotatable bonds is 3. The van der Waals surface area contributed by atoms with Crippen molar-refractivity contribution >= 4 is 11.7 Å². The summed E-state index contributed by atoms with van der Waals surface area (Å²) in [6.07, 6.45) is 4.19.